The Kier molecular flexibility index (Phi) is 8.31. The minimum atomic E-state index is -0.441. The highest BCUT2D eigenvalue weighted by Gasteiger charge is 2.56. The van der Waals surface area contributed by atoms with Crippen molar-refractivity contribution in [3.05, 3.63) is 245 Å². The molecule has 67 heavy (non-hydrogen) atoms. The van der Waals surface area contributed by atoms with Crippen molar-refractivity contribution in [1.82, 2.24) is 0 Å². The first-order chi connectivity index (χ1) is 33.0. The molecule has 4 heteroatoms. The maximum Gasteiger partial charge on any atom is 0.264 e. The van der Waals surface area contributed by atoms with Crippen molar-refractivity contribution >= 4 is 67.9 Å². The van der Waals surface area contributed by atoms with Gasteiger partial charge in [0.05, 0.1) is 11.1 Å². The number of aryl methyl sites for hydroxylation is 1. The summed E-state index contributed by atoms with van der Waals surface area (Å²) in [6.45, 7) is 6.89. The van der Waals surface area contributed by atoms with Crippen LogP contribution < -0.4 is 25.5 Å². The lowest BCUT2D eigenvalue weighted by Gasteiger charge is -2.43. The van der Waals surface area contributed by atoms with E-state index < -0.39 is 5.41 Å². The second kappa shape index (κ2) is 14.4. The molecule has 0 unspecified atom stereocenters. The van der Waals surface area contributed by atoms with Crippen LogP contribution in [0.5, 0.6) is 0 Å². The topological polar surface area (TPSA) is 6.48 Å². The first-order valence-electron chi connectivity index (χ1n) is 23.7. The fraction of sp³-hybridized carbons (Fsp3) is 0.0794. The zero-order valence-corrected chi connectivity index (χ0v) is 38.5. The van der Waals surface area contributed by atoms with Crippen LogP contribution in [0.4, 0.5) is 34.1 Å². The molecular formula is C63H45BN2S. The molecule has 1 spiro atoms. The number of para-hydroxylation sites is 2. The average Bonchev–Trinajstić information content (AvgIpc) is 4.01. The van der Waals surface area contributed by atoms with Crippen LogP contribution in [0.3, 0.4) is 0 Å². The van der Waals surface area contributed by atoms with E-state index in [0.29, 0.717) is 5.92 Å². The van der Waals surface area contributed by atoms with Crippen molar-refractivity contribution < 1.29 is 0 Å². The second-order valence-electron chi connectivity index (χ2n) is 18.9. The van der Waals surface area contributed by atoms with Gasteiger partial charge in [-0.15, -0.1) is 11.3 Å². The molecule has 0 radical (unpaired) electrons. The summed E-state index contributed by atoms with van der Waals surface area (Å²) >= 11 is 2.05. The molecule has 14 rings (SSSR count). The van der Waals surface area contributed by atoms with Crippen LogP contribution in [0.2, 0.25) is 0 Å². The Morgan fingerprint density at radius 3 is 1.64 bits per heavy atom. The molecule has 0 saturated heterocycles. The van der Waals surface area contributed by atoms with Crippen LogP contribution in [0.1, 0.15) is 52.5 Å². The van der Waals surface area contributed by atoms with Crippen molar-refractivity contribution in [2.75, 3.05) is 9.80 Å². The number of hydrogen-bond donors (Lipinski definition) is 0. The minimum Gasteiger partial charge on any atom is -0.311 e. The number of hydrogen-bond acceptors (Lipinski definition) is 3. The number of anilines is 6. The molecule has 2 aliphatic heterocycles. The van der Waals surface area contributed by atoms with Gasteiger partial charge in [-0.3, -0.25) is 0 Å². The molecule has 10 aromatic rings. The minimum absolute atomic E-state index is 0.00414. The first-order valence-corrected chi connectivity index (χ1v) is 24.5. The van der Waals surface area contributed by atoms with Gasteiger partial charge >= 0.3 is 0 Å². The van der Waals surface area contributed by atoms with Crippen molar-refractivity contribution in [3.63, 3.8) is 0 Å². The van der Waals surface area contributed by atoms with Crippen molar-refractivity contribution in [1.29, 1.82) is 0 Å². The summed E-state index contributed by atoms with van der Waals surface area (Å²) in [5.74, 6) is 0.417. The summed E-state index contributed by atoms with van der Waals surface area (Å²) in [5, 5.41) is 0. The SMILES string of the molecule is Cc1cc(-c2ccc3c(c2)N(c2ccccc2)c2cccc4c2B3c2sc3c(c2N4c2ccccc2)-c2ccccc2C32c3ccccc3-c3ccccc32)c(-c2ccccc2)cc1C(C)C. The first kappa shape index (κ1) is 38.6. The predicted octanol–water partition coefficient (Wildman–Crippen LogP) is 14.9. The van der Waals surface area contributed by atoms with E-state index in [9.17, 15) is 0 Å². The monoisotopic (exact) mass is 872 g/mol. The van der Waals surface area contributed by atoms with Gasteiger partial charge in [-0.1, -0.05) is 184 Å². The van der Waals surface area contributed by atoms with E-state index in [2.05, 4.69) is 243 Å². The Labute approximate surface area is 397 Å². The van der Waals surface area contributed by atoms with E-state index >= 15 is 0 Å². The van der Waals surface area contributed by atoms with E-state index in [0.717, 1.165) is 5.69 Å². The molecule has 0 fully saturated rings. The molecule has 0 bridgehead atoms. The maximum absolute atomic E-state index is 2.61. The molecule has 2 nitrogen and oxygen atoms in total. The summed E-state index contributed by atoms with van der Waals surface area (Å²) in [6.07, 6.45) is 0. The molecule has 316 valence electrons. The number of nitrogens with zero attached hydrogens (tertiary/aromatic N) is 2. The van der Waals surface area contributed by atoms with Gasteiger partial charge in [-0.05, 0) is 133 Å². The summed E-state index contributed by atoms with van der Waals surface area (Å²) in [7, 11) is 0. The fourth-order valence-electron chi connectivity index (χ4n) is 12.5. The Morgan fingerprint density at radius 2 is 1.00 bits per heavy atom. The molecule has 4 aliphatic rings. The molecule has 9 aromatic carbocycles. The average molecular weight is 873 g/mol. The molecule has 0 amide bonds. The van der Waals surface area contributed by atoms with Gasteiger partial charge in [0.2, 0.25) is 0 Å². The molecule has 0 atom stereocenters. The third kappa shape index (κ3) is 5.22. The van der Waals surface area contributed by atoms with Gasteiger partial charge in [0.1, 0.15) is 0 Å². The maximum atomic E-state index is 2.61. The Balaban J connectivity index is 1.09. The lowest BCUT2D eigenvalue weighted by molar-refractivity contribution is 0.811. The molecule has 0 N–H and O–H groups in total. The quantitative estimate of drug-likeness (QED) is 0.159. The van der Waals surface area contributed by atoms with Crippen LogP contribution >= 0.6 is 11.3 Å². The number of thiophene rings is 1. The van der Waals surface area contributed by atoms with E-state index in [4.69, 9.17) is 0 Å². The van der Waals surface area contributed by atoms with E-state index in [1.54, 1.807) is 0 Å². The van der Waals surface area contributed by atoms with Crippen LogP contribution in [0.25, 0.3) is 44.5 Å². The molecule has 0 saturated carbocycles. The molecule has 3 heterocycles. The standard InChI is InChI=1S/C63H45BN2S/c1-39(2)48-38-50(41-20-7-4-8-21-41)49(36-40(48)3)42-34-35-54-57(37-42)65(43-22-9-5-10-23-43)55-32-19-33-56-59(55)64(54)62-60(66(56)44-24-11-6-12-25-44)58-47-28-15-18-31-53(47)63(61(58)67-62)51-29-16-13-26-45(51)46-27-14-17-30-52(46)63/h4-39H,1-3H3. The van der Waals surface area contributed by atoms with Gasteiger partial charge in [0.15, 0.2) is 0 Å². The van der Waals surface area contributed by atoms with Crippen molar-refractivity contribution in [2.24, 2.45) is 0 Å². The smallest absolute Gasteiger partial charge is 0.264 e. The summed E-state index contributed by atoms with van der Waals surface area (Å²) in [6, 6.07) is 80.0. The van der Waals surface area contributed by atoms with Gasteiger partial charge in [-0.2, -0.15) is 0 Å². The summed E-state index contributed by atoms with van der Waals surface area (Å²) in [5.41, 5.74) is 26.7. The lowest BCUT2D eigenvalue weighted by atomic mass is 9.36. The number of rotatable bonds is 5. The predicted molar refractivity (Wildman–Crippen MR) is 284 cm³/mol. The van der Waals surface area contributed by atoms with Crippen LogP contribution in [0, 0.1) is 6.92 Å². The van der Waals surface area contributed by atoms with E-state index in [1.807, 2.05) is 11.3 Å². The Morgan fingerprint density at radius 1 is 0.463 bits per heavy atom. The summed E-state index contributed by atoms with van der Waals surface area (Å²) < 4.78 is 1.40. The fourth-order valence-corrected chi connectivity index (χ4v) is 14.2. The zero-order chi connectivity index (χ0) is 44.5. The van der Waals surface area contributed by atoms with Crippen molar-refractivity contribution in [3.8, 4) is 44.5 Å². The normalized spacial score (nSPS) is 14.1. The third-order valence-electron chi connectivity index (χ3n) is 15.2. The number of fused-ring (bicyclic) bond motifs is 15. The van der Waals surface area contributed by atoms with E-state index in [1.165, 1.54) is 121 Å². The Hall–Kier alpha value is -7.66. The highest BCUT2D eigenvalue weighted by Crippen LogP contribution is 2.67. The number of benzene rings is 9. The lowest BCUT2D eigenvalue weighted by Crippen LogP contribution is -2.60. The van der Waals surface area contributed by atoms with Gasteiger partial charge in [0.25, 0.3) is 6.71 Å². The molecule has 2 aliphatic carbocycles. The zero-order valence-electron chi connectivity index (χ0n) is 37.7. The van der Waals surface area contributed by atoms with Gasteiger partial charge in [-0.25, -0.2) is 0 Å². The van der Waals surface area contributed by atoms with Crippen LogP contribution in [-0.4, -0.2) is 6.71 Å². The van der Waals surface area contributed by atoms with Crippen LogP contribution in [-0.2, 0) is 5.41 Å². The van der Waals surface area contributed by atoms with Gasteiger partial charge in [0, 0.05) is 43.7 Å². The molecular weight excluding hydrogens is 828 g/mol. The second-order valence-corrected chi connectivity index (χ2v) is 20.0. The Bertz CT molecular complexity index is 3600. The molecule has 1 aromatic heterocycles. The van der Waals surface area contributed by atoms with Crippen molar-refractivity contribution in [2.45, 2.75) is 32.1 Å². The summed E-state index contributed by atoms with van der Waals surface area (Å²) in [4.78, 5) is 6.57. The highest BCUT2D eigenvalue weighted by molar-refractivity contribution is 7.30. The third-order valence-corrected chi connectivity index (χ3v) is 16.5. The van der Waals surface area contributed by atoms with Crippen LogP contribution in [0.15, 0.2) is 212 Å². The van der Waals surface area contributed by atoms with E-state index in [-0.39, 0.29) is 6.71 Å². The van der Waals surface area contributed by atoms with Gasteiger partial charge < -0.3 is 9.80 Å². The highest BCUT2D eigenvalue weighted by atomic mass is 32.1. The largest absolute Gasteiger partial charge is 0.311 e.